The lowest BCUT2D eigenvalue weighted by molar-refractivity contribution is 0.580. The fourth-order valence-electron chi connectivity index (χ4n) is 1.66. The summed E-state index contributed by atoms with van der Waals surface area (Å²) in [5.74, 6) is 0. The van der Waals surface area contributed by atoms with E-state index in [1.54, 1.807) is 37.4 Å². The first-order valence-corrected chi connectivity index (χ1v) is 7.51. The highest BCUT2D eigenvalue weighted by Gasteiger charge is 2.16. The smallest absolute Gasteiger partial charge is 0.241 e. The number of aromatic nitrogens is 1. The van der Waals surface area contributed by atoms with Crippen molar-refractivity contribution in [2.45, 2.75) is 18.4 Å². The van der Waals surface area contributed by atoms with Crippen LogP contribution in [0.5, 0.6) is 0 Å². The van der Waals surface area contributed by atoms with Gasteiger partial charge in [-0.1, -0.05) is 17.7 Å². The predicted molar refractivity (Wildman–Crippen MR) is 74.5 cm³/mol. The van der Waals surface area contributed by atoms with Crippen LogP contribution in [0.25, 0.3) is 0 Å². The fraction of sp³-hybridized carbons (Fsp3) is 0.154. The molecule has 0 aliphatic carbocycles. The molecule has 6 heteroatoms. The first kappa shape index (κ1) is 14.0. The lowest BCUT2D eigenvalue weighted by atomic mass is 10.2. The van der Waals surface area contributed by atoms with E-state index < -0.39 is 10.0 Å². The van der Waals surface area contributed by atoms with Gasteiger partial charge in [0, 0.05) is 11.2 Å². The van der Waals surface area contributed by atoms with E-state index in [1.807, 2.05) is 6.07 Å². The molecule has 0 fully saturated rings. The number of aryl methyl sites for hydroxylation is 1. The summed E-state index contributed by atoms with van der Waals surface area (Å²) in [6.07, 6.45) is 1.62. The Morgan fingerprint density at radius 2 is 2.05 bits per heavy atom. The minimum atomic E-state index is -3.55. The first-order valence-electron chi connectivity index (χ1n) is 5.65. The molecule has 0 bridgehead atoms. The molecule has 2 aromatic rings. The number of hydrogen-bond donors (Lipinski definition) is 1. The Kier molecular flexibility index (Phi) is 4.19. The van der Waals surface area contributed by atoms with Crippen LogP contribution in [0.4, 0.5) is 0 Å². The van der Waals surface area contributed by atoms with Crippen molar-refractivity contribution in [2.24, 2.45) is 0 Å². The van der Waals surface area contributed by atoms with Crippen molar-refractivity contribution in [1.29, 1.82) is 0 Å². The van der Waals surface area contributed by atoms with Crippen LogP contribution >= 0.6 is 11.6 Å². The maximum Gasteiger partial charge on any atom is 0.241 e. The second-order valence-corrected chi connectivity index (χ2v) is 6.23. The number of nitrogens with zero attached hydrogens (tertiary/aromatic N) is 1. The van der Waals surface area contributed by atoms with E-state index >= 15 is 0 Å². The van der Waals surface area contributed by atoms with Gasteiger partial charge in [0.2, 0.25) is 10.0 Å². The van der Waals surface area contributed by atoms with Gasteiger partial charge in [-0.15, -0.1) is 0 Å². The van der Waals surface area contributed by atoms with Crippen LogP contribution < -0.4 is 4.72 Å². The normalized spacial score (nSPS) is 11.5. The SMILES string of the molecule is Cc1cc(Cl)ccc1S(=O)(=O)NCc1ccccn1. The molecule has 0 aliphatic rings. The zero-order valence-electron chi connectivity index (χ0n) is 10.3. The van der Waals surface area contributed by atoms with Gasteiger partial charge in [-0.05, 0) is 42.8 Å². The Balaban J connectivity index is 2.19. The molecule has 0 radical (unpaired) electrons. The molecule has 1 aromatic heterocycles. The Morgan fingerprint density at radius 3 is 2.68 bits per heavy atom. The molecule has 4 nitrogen and oxygen atoms in total. The number of benzene rings is 1. The minimum Gasteiger partial charge on any atom is -0.260 e. The molecule has 1 aromatic carbocycles. The van der Waals surface area contributed by atoms with E-state index in [0.29, 0.717) is 16.3 Å². The second kappa shape index (κ2) is 5.69. The fourth-order valence-corrected chi connectivity index (χ4v) is 3.11. The topological polar surface area (TPSA) is 59.1 Å². The molecular formula is C13H13ClN2O2S. The van der Waals surface area contributed by atoms with E-state index in [4.69, 9.17) is 11.6 Å². The van der Waals surface area contributed by atoms with Crippen molar-refractivity contribution < 1.29 is 8.42 Å². The zero-order valence-corrected chi connectivity index (χ0v) is 11.9. The Hall–Kier alpha value is -1.43. The largest absolute Gasteiger partial charge is 0.260 e. The number of hydrogen-bond acceptors (Lipinski definition) is 3. The predicted octanol–water partition coefficient (Wildman–Crippen LogP) is 2.52. The van der Waals surface area contributed by atoms with E-state index in [0.717, 1.165) is 0 Å². The maximum absolute atomic E-state index is 12.2. The summed E-state index contributed by atoms with van der Waals surface area (Å²) in [5, 5.41) is 0.515. The zero-order chi connectivity index (χ0) is 13.9. The van der Waals surface area contributed by atoms with Crippen LogP contribution in [0.2, 0.25) is 5.02 Å². The molecule has 1 N–H and O–H groups in total. The molecule has 1 heterocycles. The Labute approximate surface area is 117 Å². The van der Waals surface area contributed by atoms with Crippen LogP contribution in [0.15, 0.2) is 47.5 Å². The number of pyridine rings is 1. The third-order valence-corrected chi connectivity index (χ3v) is 4.39. The molecule has 100 valence electrons. The molecule has 0 unspecified atom stereocenters. The molecule has 0 amide bonds. The van der Waals surface area contributed by atoms with Crippen molar-refractivity contribution in [3.8, 4) is 0 Å². The second-order valence-electron chi connectivity index (χ2n) is 4.06. The summed E-state index contributed by atoms with van der Waals surface area (Å²) in [7, 11) is -3.55. The highest BCUT2D eigenvalue weighted by molar-refractivity contribution is 7.89. The molecule has 19 heavy (non-hydrogen) atoms. The standard InChI is InChI=1S/C13H13ClN2O2S/c1-10-8-11(14)5-6-13(10)19(17,18)16-9-12-4-2-3-7-15-12/h2-8,16H,9H2,1H3. The van der Waals surface area contributed by atoms with Gasteiger partial charge in [0.15, 0.2) is 0 Å². The van der Waals surface area contributed by atoms with Crippen molar-refractivity contribution in [3.05, 3.63) is 58.9 Å². The van der Waals surface area contributed by atoms with Crippen LogP contribution in [0.1, 0.15) is 11.3 Å². The molecule has 2 rings (SSSR count). The quantitative estimate of drug-likeness (QED) is 0.943. The van der Waals surface area contributed by atoms with Gasteiger partial charge in [-0.3, -0.25) is 4.98 Å². The third-order valence-electron chi connectivity index (χ3n) is 2.60. The van der Waals surface area contributed by atoms with Crippen LogP contribution in [-0.4, -0.2) is 13.4 Å². The van der Waals surface area contributed by atoms with E-state index in [2.05, 4.69) is 9.71 Å². The average molecular weight is 297 g/mol. The summed E-state index contributed by atoms with van der Waals surface area (Å²) in [6.45, 7) is 1.87. The minimum absolute atomic E-state index is 0.158. The summed E-state index contributed by atoms with van der Waals surface area (Å²) in [6, 6.07) is 10.0. The van der Waals surface area contributed by atoms with Crippen molar-refractivity contribution >= 4 is 21.6 Å². The van der Waals surface area contributed by atoms with Crippen molar-refractivity contribution in [2.75, 3.05) is 0 Å². The lowest BCUT2D eigenvalue weighted by Gasteiger charge is -2.09. The van der Waals surface area contributed by atoms with Crippen LogP contribution in [0.3, 0.4) is 0 Å². The van der Waals surface area contributed by atoms with Crippen molar-refractivity contribution in [3.63, 3.8) is 0 Å². The van der Waals surface area contributed by atoms with E-state index in [1.165, 1.54) is 6.07 Å². The Bertz CT molecular complexity index is 672. The first-order chi connectivity index (χ1) is 8.99. The number of rotatable bonds is 4. The highest BCUT2D eigenvalue weighted by Crippen LogP contribution is 2.19. The monoisotopic (exact) mass is 296 g/mol. The van der Waals surface area contributed by atoms with Gasteiger partial charge in [0.05, 0.1) is 17.1 Å². The molecule has 0 aliphatic heterocycles. The summed E-state index contributed by atoms with van der Waals surface area (Å²) in [5.41, 5.74) is 1.28. The highest BCUT2D eigenvalue weighted by atomic mass is 35.5. The number of nitrogens with one attached hydrogen (secondary N) is 1. The van der Waals surface area contributed by atoms with Gasteiger partial charge in [0.1, 0.15) is 0 Å². The van der Waals surface area contributed by atoms with Gasteiger partial charge in [0.25, 0.3) is 0 Å². The summed E-state index contributed by atoms with van der Waals surface area (Å²) >= 11 is 5.81. The van der Waals surface area contributed by atoms with Gasteiger partial charge in [-0.2, -0.15) is 0 Å². The molecule has 0 atom stereocenters. The summed E-state index contributed by atoms with van der Waals surface area (Å²) < 4.78 is 26.8. The van der Waals surface area contributed by atoms with E-state index in [-0.39, 0.29) is 11.4 Å². The molecule has 0 saturated carbocycles. The average Bonchev–Trinajstić information content (AvgIpc) is 2.37. The molecule has 0 spiro atoms. The maximum atomic E-state index is 12.2. The van der Waals surface area contributed by atoms with Crippen LogP contribution in [-0.2, 0) is 16.6 Å². The molecular weight excluding hydrogens is 284 g/mol. The Morgan fingerprint density at radius 1 is 1.26 bits per heavy atom. The van der Waals surface area contributed by atoms with E-state index in [9.17, 15) is 8.42 Å². The van der Waals surface area contributed by atoms with Crippen LogP contribution in [0, 0.1) is 6.92 Å². The summed E-state index contributed by atoms with van der Waals surface area (Å²) in [4.78, 5) is 4.29. The van der Waals surface area contributed by atoms with Gasteiger partial charge < -0.3 is 0 Å². The number of sulfonamides is 1. The van der Waals surface area contributed by atoms with Gasteiger partial charge >= 0.3 is 0 Å². The number of halogens is 1. The lowest BCUT2D eigenvalue weighted by Crippen LogP contribution is -2.24. The molecule has 0 saturated heterocycles. The third kappa shape index (κ3) is 3.53. The van der Waals surface area contributed by atoms with Crippen molar-refractivity contribution in [1.82, 2.24) is 9.71 Å². The van der Waals surface area contributed by atoms with Gasteiger partial charge in [-0.25, -0.2) is 13.1 Å².